The second-order valence-corrected chi connectivity index (χ2v) is 10.5. The zero-order chi connectivity index (χ0) is 28.2. The van der Waals surface area contributed by atoms with Gasteiger partial charge in [-0.1, -0.05) is 32.1 Å². The Morgan fingerprint density at radius 2 is 1.85 bits per heavy atom. The van der Waals surface area contributed by atoms with Gasteiger partial charge in [-0.3, -0.25) is 9.69 Å². The maximum absolute atomic E-state index is 13.4. The van der Waals surface area contributed by atoms with E-state index in [4.69, 9.17) is 4.98 Å². The van der Waals surface area contributed by atoms with Crippen molar-refractivity contribution in [1.82, 2.24) is 29.1 Å². The van der Waals surface area contributed by atoms with Crippen molar-refractivity contribution in [3.63, 3.8) is 0 Å². The van der Waals surface area contributed by atoms with Gasteiger partial charge in [0, 0.05) is 50.3 Å². The first-order valence-corrected chi connectivity index (χ1v) is 14.1. The molecule has 1 N–H and O–H groups in total. The molecule has 1 aliphatic heterocycles. The van der Waals surface area contributed by atoms with Crippen molar-refractivity contribution < 1.29 is 0 Å². The van der Waals surface area contributed by atoms with Gasteiger partial charge in [0.1, 0.15) is 5.39 Å². The Labute approximate surface area is 236 Å². The summed E-state index contributed by atoms with van der Waals surface area (Å²) in [6.07, 6.45) is 3.35. The highest BCUT2D eigenvalue weighted by Gasteiger charge is 2.19. The summed E-state index contributed by atoms with van der Waals surface area (Å²) in [5.74, 6) is 0.447. The summed E-state index contributed by atoms with van der Waals surface area (Å²) in [6.45, 7) is 17.7. The summed E-state index contributed by atoms with van der Waals surface area (Å²) >= 11 is 0. The Kier molecular flexibility index (Phi) is 8.32. The number of benzene rings is 2. The molecule has 5 rings (SSSR count). The summed E-state index contributed by atoms with van der Waals surface area (Å²) in [7, 11) is 2.17. The highest BCUT2D eigenvalue weighted by atomic mass is 16.1. The molecule has 0 aliphatic carbocycles. The molecule has 1 saturated heterocycles. The van der Waals surface area contributed by atoms with Crippen LogP contribution in [0.5, 0.6) is 0 Å². The molecule has 0 radical (unpaired) electrons. The first-order valence-electron chi connectivity index (χ1n) is 14.1. The van der Waals surface area contributed by atoms with Crippen LogP contribution in [0.2, 0.25) is 0 Å². The molecule has 0 atom stereocenters. The molecule has 0 spiro atoms. The van der Waals surface area contributed by atoms with Crippen LogP contribution >= 0.6 is 0 Å². The van der Waals surface area contributed by atoms with Crippen LogP contribution in [-0.4, -0.2) is 75.4 Å². The number of nitrogens with zero attached hydrogens (tertiary/aromatic N) is 7. The van der Waals surface area contributed by atoms with E-state index in [0.717, 1.165) is 57.2 Å². The molecule has 1 aliphatic rings. The van der Waals surface area contributed by atoms with E-state index in [0.29, 0.717) is 23.5 Å². The summed E-state index contributed by atoms with van der Waals surface area (Å²) in [4.78, 5) is 29.9. The van der Waals surface area contributed by atoms with Crippen molar-refractivity contribution in [3.05, 3.63) is 82.8 Å². The second-order valence-electron chi connectivity index (χ2n) is 10.5. The van der Waals surface area contributed by atoms with E-state index >= 15 is 0 Å². The van der Waals surface area contributed by atoms with E-state index in [1.54, 1.807) is 17.0 Å². The fraction of sp³-hybridized carbons (Fsp3) is 0.387. The third kappa shape index (κ3) is 5.66. The van der Waals surface area contributed by atoms with Gasteiger partial charge >= 0.3 is 0 Å². The lowest BCUT2D eigenvalue weighted by Gasteiger charge is -2.35. The van der Waals surface area contributed by atoms with Gasteiger partial charge in [0.15, 0.2) is 5.65 Å². The van der Waals surface area contributed by atoms with Crippen LogP contribution in [0.15, 0.2) is 66.1 Å². The summed E-state index contributed by atoms with van der Waals surface area (Å²) in [5.41, 5.74) is 5.87. The zero-order valence-electron chi connectivity index (χ0n) is 24.1. The molecule has 1 fully saturated rings. The van der Waals surface area contributed by atoms with Crippen LogP contribution in [0.4, 0.5) is 17.3 Å². The predicted octanol–water partition coefficient (Wildman–Crippen LogP) is 4.41. The lowest BCUT2D eigenvalue weighted by molar-refractivity contribution is 0.296. The average molecular weight is 541 g/mol. The number of nitrogens with one attached hydrogen (secondary N) is 1. The first-order chi connectivity index (χ1) is 19.4. The number of likely N-dealkylation sites (N-methyl/N-ethyl adjacent to an activating group) is 1. The van der Waals surface area contributed by atoms with Gasteiger partial charge in [0.25, 0.3) is 5.56 Å². The number of rotatable bonds is 10. The largest absolute Gasteiger partial charge is 0.369 e. The van der Waals surface area contributed by atoms with Crippen molar-refractivity contribution >= 4 is 28.4 Å². The maximum Gasteiger partial charge on any atom is 0.278 e. The third-order valence-electron chi connectivity index (χ3n) is 7.73. The second kappa shape index (κ2) is 12.1. The van der Waals surface area contributed by atoms with Crippen LogP contribution in [0.3, 0.4) is 0 Å². The molecule has 0 saturated carbocycles. The van der Waals surface area contributed by atoms with Crippen molar-refractivity contribution in [2.45, 2.75) is 33.9 Å². The van der Waals surface area contributed by atoms with Crippen molar-refractivity contribution in [2.75, 3.05) is 56.5 Å². The molecule has 40 heavy (non-hydrogen) atoms. The third-order valence-corrected chi connectivity index (χ3v) is 7.73. The molecule has 0 amide bonds. The number of piperazine rings is 1. The van der Waals surface area contributed by atoms with E-state index in [1.165, 1.54) is 16.8 Å². The topological polar surface area (TPSA) is 74.5 Å². The van der Waals surface area contributed by atoms with E-state index in [2.05, 4.69) is 89.7 Å². The number of aryl methyl sites for hydroxylation is 1. The van der Waals surface area contributed by atoms with Gasteiger partial charge in [-0.25, -0.2) is 14.3 Å². The van der Waals surface area contributed by atoms with E-state index < -0.39 is 0 Å². The van der Waals surface area contributed by atoms with Crippen LogP contribution in [0.25, 0.3) is 16.7 Å². The fourth-order valence-corrected chi connectivity index (χ4v) is 5.39. The van der Waals surface area contributed by atoms with Gasteiger partial charge in [0.05, 0.1) is 12.2 Å². The van der Waals surface area contributed by atoms with Gasteiger partial charge < -0.3 is 15.1 Å². The standard InChI is InChI=1S/C31H40N8O/c1-6-14-38-30(40)27-21-32-31(33-25-12-13-28(23(4)19-25)37-17-15-35(5)16-18-37)34-29(27)39(38)26-11-9-10-24(20-26)22-36(7-2)8-3/h6,9-13,19-21H,1,7-8,14-18,22H2,2-5H3,(H,32,33,34). The van der Waals surface area contributed by atoms with Gasteiger partial charge in [-0.2, -0.15) is 4.98 Å². The lowest BCUT2D eigenvalue weighted by Crippen LogP contribution is -2.44. The molecule has 9 heteroatoms. The SMILES string of the molecule is C=CCn1c(=O)c2cnc(Nc3ccc(N4CCN(C)CC4)c(C)c3)nc2n1-c1cccc(CN(CC)CC)c1. The van der Waals surface area contributed by atoms with Crippen LogP contribution < -0.4 is 15.8 Å². The first kappa shape index (κ1) is 27.6. The Balaban J connectivity index is 1.49. The fourth-order valence-electron chi connectivity index (χ4n) is 5.39. The van der Waals surface area contributed by atoms with Crippen LogP contribution in [-0.2, 0) is 13.1 Å². The van der Waals surface area contributed by atoms with Gasteiger partial charge in [-0.15, -0.1) is 6.58 Å². The minimum atomic E-state index is -0.136. The molecule has 0 unspecified atom stereocenters. The predicted molar refractivity (Wildman–Crippen MR) is 164 cm³/mol. The number of aromatic nitrogens is 4. The van der Waals surface area contributed by atoms with E-state index in [9.17, 15) is 4.79 Å². The van der Waals surface area contributed by atoms with Gasteiger partial charge in [0.2, 0.25) is 5.95 Å². The number of anilines is 3. The summed E-state index contributed by atoms with van der Waals surface area (Å²) in [5, 5.41) is 3.84. The van der Waals surface area contributed by atoms with Crippen molar-refractivity contribution in [2.24, 2.45) is 0 Å². The molecule has 9 nitrogen and oxygen atoms in total. The number of hydrogen-bond donors (Lipinski definition) is 1. The monoisotopic (exact) mass is 540 g/mol. The molecule has 0 bridgehead atoms. The quantitative estimate of drug-likeness (QED) is 0.299. The van der Waals surface area contributed by atoms with E-state index in [-0.39, 0.29) is 5.56 Å². The number of allylic oxidation sites excluding steroid dienone is 1. The molecular formula is C31H40N8O. The minimum absolute atomic E-state index is 0.136. The Hall–Kier alpha value is -3.95. The minimum Gasteiger partial charge on any atom is -0.369 e. The maximum atomic E-state index is 13.4. The summed E-state index contributed by atoms with van der Waals surface area (Å²) < 4.78 is 3.56. The molecule has 4 aromatic rings. The Morgan fingerprint density at radius 1 is 1.07 bits per heavy atom. The smallest absolute Gasteiger partial charge is 0.278 e. The highest BCUT2D eigenvalue weighted by Crippen LogP contribution is 2.26. The Morgan fingerprint density at radius 3 is 2.55 bits per heavy atom. The molecule has 2 aromatic heterocycles. The zero-order valence-corrected chi connectivity index (χ0v) is 24.1. The van der Waals surface area contributed by atoms with Crippen molar-refractivity contribution in [3.8, 4) is 5.69 Å². The van der Waals surface area contributed by atoms with Crippen LogP contribution in [0.1, 0.15) is 25.0 Å². The lowest BCUT2D eigenvalue weighted by atomic mass is 10.1. The van der Waals surface area contributed by atoms with Crippen LogP contribution in [0, 0.1) is 6.92 Å². The number of hydrogen-bond acceptors (Lipinski definition) is 7. The summed E-state index contributed by atoms with van der Waals surface area (Å²) in [6, 6.07) is 14.7. The number of fused-ring (bicyclic) bond motifs is 1. The van der Waals surface area contributed by atoms with E-state index in [1.807, 2.05) is 16.8 Å². The molecule has 210 valence electrons. The molecular weight excluding hydrogens is 500 g/mol. The average Bonchev–Trinajstić information content (AvgIpc) is 3.23. The Bertz CT molecular complexity index is 1540. The highest BCUT2D eigenvalue weighted by molar-refractivity contribution is 5.77. The molecule has 2 aromatic carbocycles. The normalized spacial score (nSPS) is 14.3. The van der Waals surface area contributed by atoms with Crippen molar-refractivity contribution in [1.29, 1.82) is 0 Å². The molecule has 3 heterocycles. The van der Waals surface area contributed by atoms with Gasteiger partial charge in [-0.05, 0) is 68.5 Å².